The molecule has 0 spiro atoms. The monoisotopic (exact) mass is 425 g/mol. The van der Waals surface area contributed by atoms with Gasteiger partial charge in [0, 0.05) is 36.0 Å². The Kier molecular flexibility index (Phi) is 6.76. The predicted molar refractivity (Wildman–Crippen MR) is 107 cm³/mol. The van der Waals surface area contributed by atoms with Crippen LogP contribution in [0.3, 0.4) is 0 Å². The van der Waals surface area contributed by atoms with Gasteiger partial charge in [-0.15, -0.1) is 0 Å². The van der Waals surface area contributed by atoms with Crippen molar-refractivity contribution in [3.05, 3.63) is 62.7 Å². The van der Waals surface area contributed by atoms with Crippen LogP contribution in [0.4, 0.5) is 11.4 Å². The molecule has 150 valence electrons. The number of nitrogens with zero attached hydrogens (tertiary/aromatic N) is 2. The normalized spacial score (nSPS) is 11.5. The summed E-state index contributed by atoms with van der Waals surface area (Å²) in [5.74, 6) is -0.522. The summed E-state index contributed by atoms with van der Waals surface area (Å²) >= 11 is 6.08. The number of amides is 1. The largest absolute Gasteiger partial charge is 0.322 e. The predicted octanol–water partition coefficient (Wildman–Crippen LogP) is 3.84. The molecule has 0 saturated carbocycles. The first kappa shape index (κ1) is 21.8. The summed E-state index contributed by atoms with van der Waals surface area (Å²) in [6.07, 6.45) is 0. The number of carbonyl (C=O) groups excluding carboxylic acids is 1. The van der Waals surface area contributed by atoms with Gasteiger partial charge in [0.1, 0.15) is 4.90 Å². The average molecular weight is 426 g/mol. The minimum Gasteiger partial charge on any atom is -0.322 e. The summed E-state index contributed by atoms with van der Waals surface area (Å²) < 4.78 is 26.7. The van der Waals surface area contributed by atoms with Crippen molar-refractivity contribution in [1.82, 2.24) is 4.31 Å². The Morgan fingerprint density at radius 1 is 1.18 bits per heavy atom. The van der Waals surface area contributed by atoms with Gasteiger partial charge in [-0.05, 0) is 37.3 Å². The van der Waals surface area contributed by atoms with Crippen molar-refractivity contribution in [2.24, 2.45) is 0 Å². The Labute approximate surface area is 168 Å². The molecule has 1 N–H and O–H groups in total. The first-order chi connectivity index (χ1) is 13.1. The zero-order valence-electron chi connectivity index (χ0n) is 15.6. The fourth-order valence-corrected chi connectivity index (χ4v) is 4.64. The molecule has 8 nitrogen and oxygen atoms in total. The summed E-state index contributed by atoms with van der Waals surface area (Å²) in [6.45, 7) is 5.54. The first-order valence-corrected chi connectivity index (χ1v) is 10.3. The van der Waals surface area contributed by atoms with E-state index in [9.17, 15) is 23.3 Å². The van der Waals surface area contributed by atoms with Gasteiger partial charge in [-0.2, -0.15) is 4.31 Å². The van der Waals surface area contributed by atoms with Crippen molar-refractivity contribution in [3.8, 4) is 0 Å². The molecule has 10 heteroatoms. The number of anilines is 1. The number of hydrogen-bond donors (Lipinski definition) is 1. The number of hydrogen-bond acceptors (Lipinski definition) is 5. The molecule has 0 heterocycles. The molecule has 0 atom stereocenters. The van der Waals surface area contributed by atoms with E-state index in [-0.39, 0.29) is 39.9 Å². The van der Waals surface area contributed by atoms with Crippen LogP contribution in [-0.4, -0.2) is 36.6 Å². The Hall–Kier alpha value is -2.49. The first-order valence-electron chi connectivity index (χ1n) is 8.47. The molecule has 0 fully saturated rings. The molecule has 0 aliphatic rings. The Morgan fingerprint density at radius 3 is 2.36 bits per heavy atom. The zero-order chi connectivity index (χ0) is 21.1. The number of halogens is 1. The average Bonchev–Trinajstić information content (AvgIpc) is 2.63. The maximum atomic E-state index is 12.7. The van der Waals surface area contributed by atoms with E-state index in [0.717, 1.165) is 0 Å². The molecule has 2 aromatic rings. The van der Waals surface area contributed by atoms with Crippen LogP contribution in [0.15, 0.2) is 41.3 Å². The Morgan fingerprint density at radius 2 is 1.82 bits per heavy atom. The van der Waals surface area contributed by atoms with Crippen LogP contribution in [0.25, 0.3) is 0 Å². The molecule has 2 aromatic carbocycles. The SMILES string of the molecule is CCN(CC)S(=O)(=O)c1cc(NC(=O)c2ccc([N+](=O)[O-])c(C)c2)ccc1Cl. The van der Waals surface area contributed by atoms with E-state index in [1.54, 1.807) is 13.8 Å². The van der Waals surface area contributed by atoms with Gasteiger partial charge >= 0.3 is 0 Å². The lowest BCUT2D eigenvalue weighted by Gasteiger charge is -2.19. The van der Waals surface area contributed by atoms with Crippen molar-refractivity contribution < 1.29 is 18.1 Å². The topological polar surface area (TPSA) is 110 Å². The van der Waals surface area contributed by atoms with Crippen molar-refractivity contribution in [2.45, 2.75) is 25.7 Å². The molecule has 0 saturated heterocycles. The lowest BCUT2D eigenvalue weighted by molar-refractivity contribution is -0.385. The van der Waals surface area contributed by atoms with Crippen LogP contribution in [0.1, 0.15) is 29.8 Å². The van der Waals surface area contributed by atoms with E-state index in [4.69, 9.17) is 11.6 Å². The third-order valence-corrected chi connectivity index (χ3v) is 6.70. The quantitative estimate of drug-likeness (QED) is 0.535. The number of carbonyl (C=O) groups is 1. The molecule has 0 aromatic heterocycles. The van der Waals surface area contributed by atoms with Crippen molar-refractivity contribution in [2.75, 3.05) is 18.4 Å². The fourth-order valence-electron chi connectivity index (χ4n) is 2.69. The van der Waals surface area contributed by atoms with Crippen molar-refractivity contribution in [1.29, 1.82) is 0 Å². The number of rotatable bonds is 7. The second kappa shape index (κ2) is 8.68. The maximum Gasteiger partial charge on any atom is 0.272 e. The highest BCUT2D eigenvalue weighted by Crippen LogP contribution is 2.28. The van der Waals surface area contributed by atoms with Gasteiger partial charge in [-0.1, -0.05) is 25.4 Å². The van der Waals surface area contributed by atoms with Gasteiger partial charge in [-0.3, -0.25) is 14.9 Å². The van der Waals surface area contributed by atoms with Crippen molar-refractivity contribution in [3.63, 3.8) is 0 Å². The Balaban J connectivity index is 2.34. The molecule has 0 unspecified atom stereocenters. The van der Waals surface area contributed by atoms with E-state index in [1.165, 1.54) is 47.6 Å². The van der Waals surface area contributed by atoms with Crippen LogP contribution in [-0.2, 0) is 10.0 Å². The summed E-state index contributed by atoms with van der Waals surface area (Å²) in [7, 11) is -3.80. The third-order valence-electron chi connectivity index (χ3n) is 4.17. The van der Waals surface area contributed by atoms with Crippen LogP contribution < -0.4 is 5.32 Å². The summed E-state index contributed by atoms with van der Waals surface area (Å²) in [5, 5.41) is 13.5. The number of aryl methyl sites for hydroxylation is 1. The summed E-state index contributed by atoms with van der Waals surface area (Å²) in [5.41, 5.74) is 0.719. The number of benzene rings is 2. The number of nitro groups is 1. The van der Waals surface area contributed by atoms with E-state index >= 15 is 0 Å². The maximum absolute atomic E-state index is 12.7. The van der Waals surface area contributed by atoms with Crippen molar-refractivity contribution >= 4 is 38.9 Å². The highest BCUT2D eigenvalue weighted by molar-refractivity contribution is 7.89. The van der Waals surface area contributed by atoms with Crippen LogP contribution in [0.2, 0.25) is 5.02 Å². The van der Waals surface area contributed by atoms with Gasteiger partial charge in [0.25, 0.3) is 11.6 Å². The van der Waals surface area contributed by atoms with E-state index in [1.807, 2.05) is 0 Å². The second-order valence-electron chi connectivity index (χ2n) is 5.95. The molecule has 0 bridgehead atoms. The van der Waals surface area contributed by atoms with Gasteiger partial charge < -0.3 is 5.32 Å². The van der Waals surface area contributed by atoms with E-state index in [0.29, 0.717) is 5.56 Å². The van der Waals surface area contributed by atoms with Crippen LogP contribution >= 0.6 is 11.6 Å². The molecule has 0 aliphatic carbocycles. The highest BCUT2D eigenvalue weighted by Gasteiger charge is 2.25. The van der Waals surface area contributed by atoms with Crippen LogP contribution in [0, 0.1) is 17.0 Å². The van der Waals surface area contributed by atoms with Gasteiger partial charge in [0.2, 0.25) is 10.0 Å². The van der Waals surface area contributed by atoms with Gasteiger partial charge in [0.15, 0.2) is 0 Å². The smallest absolute Gasteiger partial charge is 0.272 e. The molecular formula is C18H20ClN3O5S. The molecule has 0 aliphatic heterocycles. The third kappa shape index (κ3) is 4.49. The summed E-state index contributed by atoms with van der Waals surface area (Å²) in [4.78, 5) is 22.7. The zero-order valence-corrected chi connectivity index (χ0v) is 17.2. The second-order valence-corrected chi connectivity index (χ2v) is 8.26. The minimum atomic E-state index is -3.80. The number of nitro benzene ring substituents is 1. The summed E-state index contributed by atoms with van der Waals surface area (Å²) in [6, 6.07) is 8.17. The number of nitrogens with one attached hydrogen (secondary N) is 1. The van der Waals surface area contributed by atoms with E-state index in [2.05, 4.69) is 5.32 Å². The number of sulfonamides is 1. The molecule has 28 heavy (non-hydrogen) atoms. The van der Waals surface area contributed by atoms with E-state index < -0.39 is 20.9 Å². The Bertz CT molecular complexity index is 1020. The molecule has 2 rings (SSSR count). The van der Waals surface area contributed by atoms with Gasteiger partial charge in [-0.25, -0.2) is 8.42 Å². The fraction of sp³-hybridized carbons (Fsp3) is 0.278. The minimum absolute atomic E-state index is 0.0519. The standard InChI is InChI=1S/C18H20ClN3O5S/c1-4-21(5-2)28(26,27)17-11-14(7-8-15(17)19)20-18(23)13-6-9-16(22(24)25)12(3)10-13/h6-11H,4-5H2,1-3H3,(H,20,23). The highest BCUT2D eigenvalue weighted by atomic mass is 35.5. The van der Waals surface area contributed by atoms with Crippen LogP contribution in [0.5, 0.6) is 0 Å². The molecule has 1 amide bonds. The lowest BCUT2D eigenvalue weighted by Crippen LogP contribution is -2.30. The lowest BCUT2D eigenvalue weighted by atomic mass is 10.1. The molecule has 0 radical (unpaired) electrons. The molecular weight excluding hydrogens is 406 g/mol. The van der Waals surface area contributed by atoms with Gasteiger partial charge in [0.05, 0.1) is 9.95 Å².